The molecule has 0 spiro atoms. The van der Waals surface area contributed by atoms with Gasteiger partial charge in [-0.15, -0.1) is 0 Å². The lowest BCUT2D eigenvalue weighted by atomic mass is 9.98. The molecule has 1 aromatic carbocycles. The molecule has 2 amide bonds. The summed E-state index contributed by atoms with van der Waals surface area (Å²) in [5.74, 6) is 0.227. The highest BCUT2D eigenvalue weighted by atomic mass is 16.5. The zero-order valence-corrected chi connectivity index (χ0v) is 17.1. The van der Waals surface area contributed by atoms with Gasteiger partial charge in [0.25, 0.3) is 11.8 Å². The molecule has 1 fully saturated rings. The maximum Gasteiger partial charge on any atom is 0.291 e. The monoisotopic (exact) mass is 399 g/mol. The second-order valence-corrected chi connectivity index (χ2v) is 7.88. The molecule has 2 N–H and O–H groups in total. The van der Waals surface area contributed by atoms with Crippen LogP contribution in [-0.2, 0) is 4.79 Å². The van der Waals surface area contributed by atoms with Crippen molar-refractivity contribution in [3.63, 3.8) is 0 Å². The maximum absolute atomic E-state index is 12.2. The van der Waals surface area contributed by atoms with Crippen molar-refractivity contribution in [3.8, 4) is 5.75 Å². The van der Waals surface area contributed by atoms with Crippen LogP contribution in [0, 0.1) is 0 Å². The summed E-state index contributed by atoms with van der Waals surface area (Å²) in [6, 6.07) is 10.2. The summed E-state index contributed by atoms with van der Waals surface area (Å²) in [6.45, 7) is 6.97. The molecule has 7 nitrogen and oxygen atoms in total. The summed E-state index contributed by atoms with van der Waals surface area (Å²) < 4.78 is 10.7. The Bertz CT molecular complexity index is 811. The first-order valence-corrected chi connectivity index (χ1v) is 10.0. The summed E-state index contributed by atoms with van der Waals surface area (Å²) in [7, 11) is 0. The van der Waals surface area contributed by atoms with Crippen molar-refractivity contribution in [2.24, 2.45) is 0 Å². The molecule has 1 saturated heterocycles. The number of carbonyl (C=O) groups excluding carboxylic acids is 2. The third kappa shape index (κ3) is 6.09. The maximum atomic E-state index is 12.2. The Hall–Kier alpha value is -2.80. The molecule has 2 heterocycles. The van der Waals surface area contributed by atoms with Gasteiger partial charge in [0.2, 0.25) is 0 Å². The predicted molar refractivity (Wildman–Crippen MR) is 111 cm³/mol. The number of nitrogens with zero attached hydrogens (tertiary/aromatic N) is 1. The third-order valence-corrected chi connectivity index (χ3v) is 5.14. The molecule has 3 rings (SSSR count). The molecule has 0 radical (unpaired) electrons. The van der Waals surface area contributed by atoms with Gasteiger partial charge in [0.05, 0.1) is 6.26 Å². The van der Waals surface area contributed by atoms with Gasteiger partial charge in [0.15, 0.2) is 12.4 Å². The zero-order chi connectivity index (χ0) is 20.7. The van der Waals surface area contributed by atoms with Crippen molar-refractivity contribution in [1.82, 2.24) is 10.2 Å². The summed E-state index contributed by atoms with van der Waals surface area (Å²) in [5, 5.41) is 5.70. The van der Waals surface area contributed by atoms with Crippen LogP contribution in [0.1, 0.15) is 43.7 Å². The van der Waals surface area contributed by atoms with E-state index in [1.807, 2.05) is 0 Å². The highest BCUT2D eigenvalue weighted by Crippen LogP contribution is 2.20. The normalized spacial score (nSPS) is 15.0. The van der Waals surface area contributed by atoms with Crippen molar-refractivity contribution >= 4 is 17.5 Å². The molecule has 7 heteroatoms. The molecule has 2 aromatic rings. The van der Waals surface area contributed by atoms with E-state index in [0.717, 1.165) is 13.1 Å². The molecule has 1 aliphatic rings. The summed E-state index contributed by atoms with van der Waals surface area (Å²) in [5.41, 5.74) is 0.488. The smallest absolute Gasteiger partial charge is 0.291 e. The second-order valence-electron chi connectivity index (χ2n) is 7.88. The van der Waals surface area contributed by atoms with Gasteiger partial charge in [-0.2, -0.15) is 0 Å². The number of hydrogen-bond acceptors (Lipinski definition) is 5. The Morgan fingerprint density at radius 3 is 2.66 bits per heavy atom. The molecule has 0 bridgehead atoms. The highest BCUT2D eigenvalue weighted by Gasteiger charge is 2.28. The summed E-state index contributed by atoms with van der Waals surface area (Å²) in [4.78, 5) is 26.7. The van der Waals surface area contributed by atoms with E-state index in [1.54, 1.807) is 36.4 Å². The van der Waals surface area contributed by atoms with Crippen LogP contribution in [0.5, 0.6) is 5.75 Å². The number of hydrogen-bond donors (Lipinski definition) is 2. The number of piperidine rings is 1. The van der Waals surface area contributed by atoms with Gasteiger partial charge in [-0.05, 0) is 64.0 Å². The number of likely N-dealkylation sites (tertiary alicyclic amines) is 1. The number of rotatable bonds is 8. The fraction of sp³-hybridized carbons (Fsp3) is 0.455. The predicted octanol–water partition coefficient (Wildman–Crippen LogP) is 3.29. The van der Waals surface area contributed by atoms with Gasteiger partial charge in [0.1, 0.15) is 5.75 Å². The highest BCUT2D eigenvalue weighted by molar-refractivity contribution is 6.02. The minimum atomic E-state index is -0.343. The largest absolute Gasteiger partial charge is 0.484 e. The van der Waals surface area contributed by atoms with E-state index in [9.17, 15) is 9.59 Å². The number of furan rings is 1. The van der Waals surface area contributed by atoms with Crippen LogP contribution in [0.2, 0.25) is 0 Å². The number of ether oxygens (including phenoxy) is 1. The first-order valence-electron chi connectivity index (χ1n) is 10.0. The Morgan fingerprint density at radius 1 is 1.14 bits per heavy atom. The van der Waals surface area contributed by atoms with Crippen molar-refractivity contribution in [1.29, 1.82) is 0 Å². The molecule has 0 saturated carbocycles. The van der Waals surface area contributed by atoms with Crippen LogP contribution in [0.25, 0.3) is 0 Å². The van der Waals surface area contributed by atoms with Crippen LogP contribution in [0.3, 0.4) is 0 Å². The molecule has 0 unspecified atom stereocenters. The quantitative estimate of drug-likeness (QED) is 0.712. The number of carbonyl (C=O) groups is 2. The zero-order valence-electron chi connectivity index (χ0n) is 17.1. The van der Waals surface area contributed by atoms with Gasteiger partial charge in [-0.1, -0.05) is 12.5 Å². The van der Waals surface area contributed by atoms with E-state index < -0.39 is 0 Å². The number of amides is 2. The van der Waals surface area contributed by atoms with E-state index in [-0.39, 0.29) is 29.7 Å². The number of nitrogens with one attached hydrogen (secondary N) is 2. The Morgan fingerprint density at radius 2 is 1.93 bits per heavy atom. The first-order chi connectivity index (χ1) is 13.9. The van der Waals surface area contributed by atoms with Crippen molar-refractivity contribution in [3.05, 3.63) is 48.4 Å². The lowest BCUT2D eigenvalue weighted by Crippen LogP contribution is -2.53. The number of anilines is 1. The summed E-state index contributed by atoms with van der Waals surface area (Å²) >= 11 is 0. The minimum Gasteiger partial charge on any atom is -0.484 e. The fourth-order valence-electron chi connectivity index (χ4n) is 3.39. The molecule has 0 aliphatic carbocycles. The van der Waals surface area contributed by atoms with Gasteiger partial charge in [0, 0.05) is 23.8 Å². The number of benzene rings is 1. The van der Waals surface area contributed by atoms with E-state index in [2.05, 4.69) is 29.4 Å². The lowest BCUT2D eigenvalue weighted by molar-refractivity contribution is -0.123. The van der Waals surface area contributed by atoms with Crippen molar-refractivity contribution < 1.29 is 18.7 Å². The molecule has 1 aromatic heterocycles. The molecular formula is C22H29N3O4. The van der Waals surface area contributed by atoms with E-state index >= 15 is 0 Å². The van der Waals surface area contributed by atoms with E-state index in [0.29, 0.717) is 18.0 Å². The lowest BCUT2D eigenvalue weighted by Gasteiger charge is -2.41. The first kappa shape index (κ1) is 20.9. The average molecular weight is 399 g/mol. The average Bonchev–Trinajstić information content (AvgIpc) is 3.27. The van der Waals surface area contributed by atoms with Crippen LogP contribution in [0.15, 0.2) is 47.1 Å². The Labute approximate surface area is 171 Å². The van der Waals surface area contributed by atoms with Crippen molar-refractivity contribution in [2.45, 2.75) is 38.6 Å². The van der Waals surface area contributed by atoms with Crippen LogP contribution in [-0.4, -0.2) is 48.5 Å². The minimum absolute atomic E-state index is 0.0773. The van der Waals surface area contributed by atoms with Gasteiger partial charge >= 0.3 is 0 Å². The van der Waals surface area contributed by atoms with Crippen LogP contribution >= 0.6 is 0 Å². The van der Waals surface area contributed by atoms with Gasteiger partial charge in [-0.25, -0.2) is 0 Å². The standard InChI is InChI=1S/C22H29N3O4/c1-22(2,25-11-4-3-5-12-25)16-23-20(26)15-29-18-9-6-8-17(14-18)24-21(27)19-10-7-13-28-19/h6-10,13-14H,3-5,11-12,15-16H2,1-2H3,(H,23,26)(H,24,27). The molecular weight excluding hydrogens is 370 g/mol. The Kier molecular flexibility index (Phi) is 6.93. The second kappa shape index (κ2) is 9.60. The van der Waals surface area contributed by atoms with E-state index in [4.69, 9.17) is 9.15 Å². The third-order valence-electron chi connectivity index (χ3n) is 5.14. The molecule has 156 valence electrons. The molecule has 0 atom stereocenters. The van der Waals surface area contributed by atoms with Crippen LogP contribution in [0.4, 0.5) is 5.69 Å². The van der Waals surface area contributed by atoms with E-state index in [1.165, 1.54) is 25.5 Å². The summed E-state index contributed by atoms with van der Waals surface area (Å²) in [6.07, 6.45) is 5.16. The van der Waals surface area contributed by atoms with Gasteiger partial charge in [-0.3, -0.25) is 14.5 Å². The van der Waals surface area contributed by atoms with Crippen LogP contribution < -0.4 is 15.4 Å². The fourth-order valence-corrected chi connectivity index (χ4v) is 3.39. The Balaban J connectivity index is 1.45. The molecule has 1 aliphatic heterocycles. The van der Waals surface area contributed by atoms with Gasteiger partial charge < -0.3 is 19.8 Å². The molecule has 29 heavy (non-hydrogen) atoms. The topological polar surface area (TPSA) is 83.8 Å². The SMILES string of the molecule is CC(C)(CNC(=O)COc1cccc(NC(=O)c2ccco2)c1)N1CCCCC1. The van der Waals surface area contributed by atoms with Crippen molar-refractivity contribution in [2.75, 3.05) is 31.6 Å².